The van der Waals surface area contributed by atoms with Gasteiger partial charge in [0.2, 0.25) is 0 Å². The molecule has 1 unspecified atom stereocenters. The summed E-state index contributed by atoms with van der Waals surface area (Å²) in [5.74, 6) is 0. The molecule has 0 fully saturated rings. The maximum Gasteiger partial charge on any atom is 0.0950 e. The minimum Gasteiger partial charge on any atom is -0.472 e. The molecule has 1 aromatic heterocycles. The fraction of sp³-hybridized carbons (Fsp3) is 0.286. The number of rotatable bonds is 4. The first-order valence-corrected chi connectivity index (χ1v) is 6.08. The molecule has 0 bridgehead atoms. The first-order valence-electron chi connectivity index (χ1n) is 5.70. The molecule has 1 heterocycles. The van der Waals surface area contributed by atoms with Gasteiger partial charge in [-0.3, -0.25) is 0 Å². The summed E-state index contributed by atoms with van der Waals surface area (Å²) in [6.07, 6.45) is 3.46. The molecule has 0 amide bonds. The summed E-state index contributed by atoms with van der Waals surface area (Å²) >= 11 is 5.98. The van der Waals surface area contributed by atoms with Crippen LogP contribution < -0.4 is 5.32 Å². The van der Waals surface area contributed by atoms with Gasteiger partial charge in [0.15, 0.2) is 0 Å². The highest BCUT2D eigenvalue weighted by Gasteiger charge is 2.11. The van der Waals surface area contributed by atoms with Gasteiger partial charge in [-0.25, -0.2) is 0 Å². The quantitative estimate of drug-likeness (QED) is 0.872. The molecular formula is C14H16ClNO. The van der Waals surface area contributed by atoms with E-state index in [0.717, 1.165) is 10.6 Å². The Hall–Kier alpha value is -1.25. The number of benzene rings is 1. The Kier molecular flexibility index (Phi) is 3.87. The van der Waals surface area contributed by atoms with E-state index < -0.39 is 0 Å². The molecule has 0 saturated carbocycles. The highest BCUT2D eigenvalue weighted by Crippen LogP contribution is 2.21. The van der Waals surface area contributed by atoms with Crippen molar-refractivity contribution in [1.29, 1.82) is 0 Å². The highest BCUT2D eigenvalue weighted by molar-refractivity contribution is 6.30. The third kappa shape index (κ3) is 3.11. The molecule has 2 nitrogen and oxygen atoms in total. The predicted molar refractivity (Wildman–Crippen MR) is 70.1 cm³/mol. The molecule has 3 heteroatoms. The average molecular weight is 250 g/mol. The maximum absolute atomic E-state index is 5.98. The Morgan fingerprint density at radius 1 is 1.12 bits per heavy atom. The lowest BCUT2D eigenvalue weighted by Crippen LogP contribution is -2.22. The second kappa shape index (κ2) is 5.39. The molecule has 0 spiro atoms. The summed E-state index contributed by atoms with van der Waals surface area (Å²) in [4.78, 5) is 0. The molecule has 0 aliphatic heterocycles. The van der Waals surface area contributed by atoms with Crippen molar-refractivity contribution in [3.63, 3.8) is 0 Å². The van der Waals surface area contributed by atoms with Crippen molar-refractivity contribution in [2.75, 3.05) is 0 Å². The minimum absolute atomic E-state index is 0.249. The predicted octanol–water partition coefficient (Wildman–Crippen LogP) is 4.34. The van der Waals surface area contributed by atoms with Crippen LogP contribution in [0, 0.1) is 0 Å². The van der Waals surface area contributed by atoms with Gasteiger partial charge in [-0.15, -0.1) is 0 Å². The second-order valence-electron chi connectivity index (χ2n) is 4.22. The third-order valence-electron chi connectivity index (χ3n) is 2.89. The molecule has 0 aliphatic carbocycles. The zero-order valence-electron chi connectivity index (χ0n) is 9.98. The van der Waals surface area contributed by atoms with E-state index >= 15 is 0 Å². The van der Waals surface area contributed by atoms with Crippen LogP contribution in [0.15, 0.2) is 47.3 Å². The van der Waals surface area contributed by atoms with Gasteiger partial charge in [0.25, 0.3) is 0 Å². The van der Waals surface area contributed by atoms with Gasteiger partial charge >= 0.3 is 0 Å². The zero-order valence-corrected chi connectivity index (χ0v) is 10.7. The first kappa shape index (κ1) is 12.2. The lowest BCUT2D eigenvalue weighted by atomic mass is 10.1. The standard InChI is InChI=1S/C14H16ClNO/c1-10(12-4-3-5-14(15)8-12)16-11(2)13-6-7-17-9-13/h3-11,16H,1-2H3/t10-,11?/m0/s1. The molecule has 17 heavy (non-hydrogen) atoms. The van der Waals surface area contributed by atoms with Crippen LogP contribution in [0.25, 0.3) is 0 Å². The summed E-state index contributed by atoms with van der Waals surface area (Å²) in [5.41, 5.74) is 2.34. The molecule has 0 radical (unpaired) electrons. The average Bonchev–Trinajstić information content (AvgIpc) is 2.82. The van der Waals surface area contributed by atoms with Crippen LogP contribution in [0.2, 0.25) is 5.02 Å². The fourth-order valence-electron chi connectivity index (χ4n) is 1.86. The van der Waals surface area contributed by atoms with E-state index in [-0.39, 0.29) is 12.1 Å². The van der Waals surface area contributed by atoms with Gasteiger partial charge in [0.1, 0.15) is 0 Å². The molecule has 1 aromatic carbocycles. The van der Waals surface area contributed by atoms with Gasteiger partial charge in [-0.05, 0) is 37.6 Å². The number of nitrogens with one attached hydrogen (secondary N) is 1. The lowest BCUT2D eigenvalue weighted by Gasteiger charge is -2.19. The van der Waals surface area contributed by atoms with E-state index in [1.165, 1.54) is 5.56 Å². The monoisotopic (exact) mass is 249 g/mol. The van der Waals surface area contributed by atoms with Crippen LogP contribution in [0.4, 0.5) is 0 Å². The van der Waals surface area contributed by atoms with Crippen molar-refractivity contribution in [1.82, 2.24) is 5.32 Å². The Bertz CT molecular complexity index is 467. The van der Waals surface area contributed by atoms with Crippen molar-refractivity contribution in [3.05, 3.63) is 59.0 Å². The van der Waals surface area contributed by atoms with Crippen molar-refractivity contribution < 1.29 is 4.42 Å². The van der Waals surface area contributed by atoms with Crippen molar-refractivity contribution in [3.8, 4) is 0 Å². The number of hydrogen-bond acceptors (Lipinski definition) is 2. The van der Waals surface area contributed by atoms with Crippen molar-refractivity contribution in [2.24, 2.45) is 0 Å². The van der Waals surface area contributed by atoms with Crippen LogP contribution in [-0.2, 0) is 0 Å². The fourth-order valence-corrected chi connectivity index (χ4v) is 2.06. The van der Waals surface area contributed by atoms with Gasteiger partial charge in [0, 0.05) is 22.7 Å². The van der Waals surface area contributed by atoms with Crippen molar-refractivity contribution in [2.45, 2.75) is 25.9 Å². The van der Waals surface area contributed by atoms with E-state index in [0.29, 0.717) is 0 Å². The second-order valence-corrected chi connectivity index (χ2v) is 4.66. The Balaban J connectivity index is 2.04. The van der Waals surface area contributed by atoms with Gasteiger partial charge in [-0.1, -0.05) is 23.7 Å². The molecule has 0 saturated heterocycles. The normalized spacial score (nSPS) is 14.5. The summed E-state index contributed by atoms with van der Waals surface area (Å²) in [5, 5.41) is 4.28. The number of hydrogen-bond donors (Lipinski definition) is 1. The zero-order chi connectivity index (χ0) is 12.3. The van der Waals surface area contributed by atoms with Gasteiger partial charge < -0.3 is 9.73 Å². The minimum atomic E-state index is 0.249. The van der Waals surface area contributed by atoms with Crippen LogP contribution in [-0.4, -0.2) is 0 Å². The Labute approximate surface area is 107 Å². The van der Waals surface area contributed by atoms with E-state index in [1.807, 2.05) is 24.3 Å². The molecular weight excluding hydrogens is 234 g/mol. The molecule has 1 N–H and O–H groups in total. The molecule has 0 aliphatic rings. The lowest BCUT2D eigenvalue weighted by molar-refractivity contribution is 0.486. The summed E-state index contributed by atoms with van der Waals surface area (Å²) in [7, 11) is 0. The number of halogens is 1. The van der Waals surface area contributed by atoms with E-state index in [1.54, 1.807) is 12.5 Å². The molecule has 2 aromatic rings. The summed E-state index contributed by atoms with van der Waals surface area (Å²) in [6.45, 7) is 4.24. The van der Waals surface area contributed by atoms with Crippen LogP contribution in [0.3, 0.4) is 0 Å². The van der Waals surface area contributed by atoms with Gasteiger partial charge in [0.05, 0.1) is 12.5 Å². The third-order valence-corrected chi connectivity index (χ3v) is 3.13. The molecule has 2 rings (SSSR count). The molecule has 2 atom stereocenters. The SMILES string of the molecule is CC(N[C@@H](C)c1cccc(Cl)c1)c1ccoc1. The molecule has 90 valence electrons. The topological polar surface area (TPSA) is 25.2 Å². The van der Waals surface area contributed by atoms with E-state index in [4.69, 9.17) is 16.0 Å². The highest BCUT2D eigenvalue weighted by atomic mass is 35.5. The number of furan rings is 1. The van der Waals surface area contributed by atoms with E-state index in [9.17, 15) is 0 Å². The maximum atomic E-state index is 5.98. The van der Waals surface area contributed by atoms with Crippen LogP contribution >= 0.6 is 11.6 Å². The van der Waals surface area contributed by atoms with Crippen LogP contribution in [0.5, 0.6) is 0 Å². The Morgan fingerprint density at radius 2 is 1.88 bits per heavy atom. The largest absolute Gasteiger partial charge is 0.472 e. The Morgan fingerprint density at radius 3 is 2.53 bits per heavy atom. The van der Waals surface area contributed by atoms with E-state index in [2.05, 4.69) is 25.2 Å². The first-order chi connectivity index (χ1) is 8.16. The van der Waals surface area contributed by atoms with Crippen LogP contribution in [0.1, 0.15) is 37.1 Å². The van der Waals surface area contributed by atoms with Crippen molar-refractivity contribution >= 4 is 11.6 Å². The summed E-state index contributed by atoms with van der Waals surface area (Å²) in [6, 6.07) is 10.4. The van der Waals surface area contributed by atoms with Gasteiger partial charge in [-0.2, -0.15) is 0 Å². The summed E-state index contributed by atoms with van der Waals surface area (Å²) < 4.78 is 5.08. The smallest absolute Gasteiger partial charge is 0.0950 e.